The Hall–Kier alpha value is -1.72. The Morgan fingerprint density at radius 1 is 1.14 bits per heavy atom. The van der Waals surface area contributed by atoms with Crippen LogP contribution in [0.2, 0.25) is 0 Å². The van der Waals surface area contributed by atoms with E-state index in [1.54, 1.807) is 4.90 Å². The van der Waals surface area contributed by atoms with Gasteiger partial charge >= 0.3 is 0 Å². The number of amides is 1. The summed E-state index contributed by atoms with van der Waals surface area (Å²) in [6, 6.07) is 10.0. The van der Waals surface area contributed by atoms with E-state index < -0.39 is 0 Å². The summed E-state index contributed by atoms with van der Waals surface area (Å²) in [5, 5.41) is 0.981. The number of nitrogens with zero attached hydrogens (tertiary/aromatic N) is 3. The predicted molar refractivity (Wildman–Crippen MR) is 86.5 cm³/mol. The van der Waals surface area contributed by atoms with Crippen LogP contribution in [0, 0.1) is 6.92 Å². The molecule has 0 radical (unpaired) electrons. The van der Waals surface area contributed by atoms with Crippen LogP contribution in [0.15, 0.2) is 30.3 Å². The molecule has 1 heterocycles. The first-order chi connectivity index (χ1) is 9.97. The Kier molecular flexibility index (Phi) is 5.09. The van der Waals surface area contributed by atoms with E-state index in [-0.39, 0.29) is 5.91 Å². The summed E-state index contributed by atoms with van der Waals surface area (Å²) in [5.74, 6) is 0.0406. The molecule has 0 spiro atoms. The van der Waals surface area contributed by atoms with E-state index in [2.05, 4.69) is 9.88 Å². The molecule has 0 aliphatic heterocycles. The van der Waals surface area contributed by atoms with Gasteiger partial charge in [-0.1, -0.05) is 30.3 Å². The van der Waals surface area contributed by atoms with Gasteiger partial charge in [0.05, 0.1) is 5.69 Å². The lowest BCUT2D eigenvalue weighted by Gasteiger charge is -2.16. The van der Waals surface area contributed by atoms with Crippen molar-refractivity contribution in [1.29, 1.82) is 0 Å². The number of aromatic nitrogens is 1. The summed E-state index contributed by atoms with van der Waals surface area (Å²) in [6.07, 6.45) is 0. The molecule has 0 saturated carbocycles. The van der Waals surface area contributed by atoms with Crippen LogP contribution in [0.1, 0.15) is 25.9 Å². The molecule has 112 valence electrons. The van der Waals surface area contributed by atoms with E-state index in [4.69, 9.17) is 0 Å². The molecule has 1 amide bonds. The molecule has 0 N–H and O–H groups in total. The van der Waals surface area contributed by atoms with Crippen molar-refractivity contribution in [1.82, 2.24) is 14.8 Å². The van der Waals surface area contributed by atoms with Gasteiger partial charge in [0, 0.05) is 20.1 Å². The standard InChI is InChI=1S/C16H21N3OS/c1-12-15(21-14(17-12)11-18(2)3)16(20)19(4)10-13-8-6-5-7-9-13/h5-9H,10-11H2,1-4H3. The van der Waals surface area contributed by atoms with Crippen molar-refractivity contribution in [2.24, 2.45) is 0 Å². The number of hydrogen-bond acceptors (Lipinski definition) is 4. The average Bonchev–Trinajstić information content (AvgIpc) is 2.78. The van der Waals surface area contributed by atoms with Crippen molar-refractivity contribution in [2.75, 3.05) is 21.1 Å². The summed E-state index contributed by atoms with van der Waals surface area (Å²) in [6.45, 7) is 3.28. The second-order valence-electron chi connectivity index (χ2n) is 5.41. The van der Waals surface area contributed by atoms with Crippen LogP contribution in [-0.4, -0.2) is 41.8 Å². The molecule has 1 aromatic carbocycles. The zero-order chi connectivity index (χ0) is 15.4. The predicted octanol–water partition coefficient (Wildman–Crippen LogP) is 2.79. The maximum Gasteiger partial charge on any atom is 0.265 e. The van der Waals surface area contributed by atoms with E-state index >= 15 is 0 Å². The maximum atomic E-state index is 12.6. The number of hydrogen-bond donors (Lipinski definition) is 0. The lowest BCUT2D eigenvalue weighted by atomic mass is 10.2. The minimum atomic E-state index is 0.0406. The number of carbonyl (C=O) groups is 1. The number of aryl methyl sites for hydroxylation is 1. The molecular formula is C16H21N3OS. The molecule has 21 heavy (non-hydrogen) atoms. The Labute approximate surface area is 130 Å². The van der Waals surface area contributed by atoms with Gasteiger partial charge in [0.1, 0.15) is 9.88 Å². The quantitative estimate of drug-likeness (QED) is 0.852. The van der Waals surface area contributed by atoms with Gasteiger partial charge in [-0.05, 0) is 26.6 Å². The second-order valence-corrected chi connectivity index (χ2v) is 6.49. The van der Waals surface area contributed by atoms with Gasteiger partial charge < -0.3 is 9.80 Å². The first-order valence-electron chi connectivity index (χ1n) is 6.88. The Balaban J connectivity index is 2.10. The highest BCUT2D eigenvalue weighted by Crippen LogP contribution is 2.21. The molecule has 2 aromatic rings. The Morgan fingerprint density at radius 2 is 1.81 bits per heavy atom. The van der Waals surface area contributed by atoms with E-state index in [1.165, 1.54) is 11.3 Å². The summed E-state index contributed by atoms with van der Waals surface area (Å²) in [4.78, 5) is 21.6. The van der Waals surface area contributed by atoms with Crippen LogP contribution in [0.4, 0.5) is 0 Å². The van der Waals surface area contributed by atoms with Crippen molar-refractivity contribution >= 4 is 17.2 Å². The third-order valence-electron chi connectivity index (χ3n) is 3.10. The monoisotopic (exact) mass is 303 g/mol. The summed E-state index contributed by atoms with van der Waals surface area (Å²) in [5.41, 5.74) is 1.95. The van der Waals surface area contributed by atoms with E-state index in [9.17, 15) is 4.79 Å². The fraction of sp³-hybridized carbons (Fsp3) is 0.375. The summed E-state index contributed by atoms with van der Waals surface area (Å²) < 4.78 is 0. The lowest BCUT2D eigenvalue weighted by Crippen LogP contribution is -2.26. The minimum absolute atomic E-state index is 0.0406. The average molecular weight is 303 g/mol. The number of carbonyl (C=O) groups excluding carboxylic acids is 1. The highest BCUT2D eigenvalue weighted by molar-refractivity contribution is 7.13. The largest absolute Gasteiger partial charge is 0.337 e. The molecule has 5 heteroatoms. The van der Waals surface area contributed by atoms with Crippen molar-refractivity contribution in [3.63, 3.8) is 0 Å². The highest BCUT2D eigenvalue weighted by atomic mass is 32.1. The molecule has 0 aliphatic rings. The fourth-order valence-corrected chi connectivity index (χ4v) is 3.27. The molecule has 2 rings (SSSR count). The summed E-state index contributed by atoms with van der Waals surface area (Å²) >= 11 is 1.49. The van der Waals surface area contributed by atoms with Crippen LogP contribution in [0.25, 0.3) is 0 Å². The zero-order valence-electron chi connectivity index (χ0n) is 13.0. The highest BCUT2D eigenvalue weighted by Gasteiger charge is 2.19. The minimum Gasteiger partial charge on any atom is -0.337 e. The van der Waals surface area contributed by atoms with Gasteiger partial charge in [-0.2, -0.15) is 0 Å². The molecule has 4 nitrogen and oxygen atoms in total. The second kappa shape index (κ2) is 6.83. The normalized spacial score (nSPS) is 10.9. The molecule has 1 aromatic heterocycles. The van der Waals surface area contributed by atoms with Gasteiger partial charge in [0.25, 0.3) is 5.91 Å². The topological polar surface area (TPSA) is 36.4 Å². The number of thiazole rings is 1. The van der Waals surface area contributed by atoms with Gasteiger partial charge in [-0.3, -0.25) is 4.79 Å². The zero-order valence-corrected chi connectivity index (χ0v) is 13.8. The van der Waals surface area contributed by atoms with Crippen molar-refractivity contribution < 1.29 is 4.79 Å². The van der Waals surface area contributed by atoms with E-state index in [0.717, 1.165) is 27.7 Å². The molecular weight excluding hydrogens is 282 g/mol. The van der Waals surface area contributed by atoms with Gasteiger partial charge in [0.15, 0.2) is 0 Å². The molecule has 0 unspecified atom stereocenters. The van der Waals surface area contributed by atoms with Crippen molar-refractivity contribution in [3.05, 3.63) is 51.5 Å². The SMILES string of the molecule is Cc1nc(CN(C)C)sc1C(=O)N(C)Cc1ccccc1. The molecule has 0 atom stereocenters. The van der Waals surface area contributed by atoms with Gasteiger partial charge in [-0.15, -0.1) is 11.3 Å². The van der Waals surface area contributed by atoms with Crippen molar-refractivity contribution in [2.45, 2.75) is 20.0 Å². The fourth-order valence-electron chi connectivity index (χ4n) is 2.09. The third-order valence-corrected chi connectivity index (χ3v) is 4.23. The van der Waals surface area contributed by atoms with Crippen LogP contribution in [-0.2, 0) is 13.1 Å². The maximum absolute atomic E-state index is 12.6. The van der Waals surface area contributed by atoms with Crippen molar-refractivity contribution in [3.8, 4) is 0 Å². The van der Waals surface area contributed by atoms with E-state index in [0.29, 0.717) is 6.54 Å². The summed E-state index contributed by atoms with van der Waals surface area (Å²) in [7, 11) is 5.83. The Bertz CT molecular complexity index is 607. The third kappa shape index (κ3) is 4.12. The lowest BCUT2D eigenvalue weighted by molar-refractivity contribution is 0.0789. The number of rotatable bonds is 5. The van der Waals surface area contributed by atoms with Crippen LogP contribution >= 0.6 is 11.3 Å². The number of benzene rings is 1. The van der Waals surface area contributed by atoms with Crippen LogP contribution < -0.4 is 0 Å². The molecule has 0 fully saturated rings. The smallest absolute Gasteiger partial charge is 0.265 e. The van der Waals surface area contributed by atoms with Crippen LogP contribution in [0.3, 0.4) is 0 Å². The first-order valence-corrected chi connectivity index (χ1v) is 7.69. The first kappa shape index (κ1) is 15.7. The molecule has 0 bridgehead atoms. The van der Waals surface area contributed by atoms with E-state index in [1.807, 2.05) is 58.4 Å². The van der Waals surface area contributed by atoms with Gasteiger partial charge in [0.2, 0.25) is 0 Å². The molecule has 0 aliphatic carbocycles. The van der Waals surface area contributed by atoms with Gasteiger partial charge in [-0.25, -0.2) is 4.98 Å². The molecule has 0 saturated heterocycles. The van der Waals surface area contributed by atoms with Crippen LogP contribution in [0.5, 0.6) is 0 Å². The Morgan fingerprint density at radius 3 is 2.43 bits per heavy atom.